The van der Waals surface area contributed by atoms with Gasteiger partial charge in [0.2, 0.25) is 0 Å². The van der Waals surface area contributed by atoms with Crippen LogP contribution in [0, 0.1) is 11.7 Å². The smallest absolute Gasteiger partial charge is 0.322 e. The fraction of sp³-hybridized carbons (Fsp3) is 0.500. The van der Waals surface area contributed by atoms with Gasteiger partial charge in [0.15, 0.2) is 0 Å². The van der Waals surface area contributed by atoms with Gasteiger partial charge in [-0.15, -0.1) is 0 Å². The highest BCUT2D eigenvalue weighted by atomic mass is 19.1. The first kappa shape index (κ1) is 14.6. The molecule has 0 amide bonds. The Morgan fingerprint density at radius 2 is 2.17 bits per heavy atom. The van der Waals surface area contributed by atoms with Crippen molar-refractivity contribution in [3.8, 4) is 0 Å². The summed E-state index contributed by atoms with van der Waals surface area (Å²) in [6, 6.07) is 5.98. The maximum absolute atomic E-state index is 13.0. The standard InChI is InChI=1S/C14H20FNO2/c1-10(2)7-13(14(17)18-3)16-9-11-5-4-6-12(15)8-11/h4-6,8,10,13,16H,7,9H2,1-3H3. The van der Waals surface area contributed by atoms with E-state index in [1.54, 1.807) is 6.07 Å². The third kappa shape index (κ3) is 4.84. The normalized spacial score (nSPS) is 12.5. The van der Waals surface area contributed by atoms with E-state index in [9.17, 15) is 9.18 Å². The van der Waals surface area contributed by atoms with Crippen LogP contribution in [0.3, 0.4) is 0 Å². The lowest BCUT2D eigenvalue weighted by molar-refractivity contribution is -0.143. The number of methoxy groups -OCH3 is 1. The molecule has 0 fully saturated rings. The van der Waals surface area contributed by atoms with Crippen LogP contribution < -0.4 is 5.32 Å². The summed E-state index contributed by atoms with van der Waals surface area (Å²) in [5.41, 5.74) is 0.813. The van der Waals surface area contributed by atoms with Crippen LogP contribution in [0.4, 0.5) is 4.39 Å². The van der Waals surface area contributed by atoms with E-state index < -0.39 is 0 Å². The van der Waals surface area contributed by atoms with Crippen molar-refractivity contribution >= 4 is 5.97 Å². The van der Waals surface area contributed by atoms with E-state index in [2.05, 4.69) is 5.32 Å². The predicted octanol–water partition coefficient (Wildman–Crippen LogP) is 2.50. The summed E-state index contributed by atoms with van der Waals surface area (Å²) in [7, 11) is 1.37. The van der Waals surface area contributed by atoms with Crippen LogP contribution in [0.15, 0.2) is 24.3 Å². The Bertz CT molecular complexity index is 393. The predicted molar refractivity (Wildman–Crippen MR) is 68.5 cm³/mol. The molecule has 0 aliphatic carbocycles. The molecule has 1 aromatic rings. The van der Waals surface area contributed by atoms with E-state index in [4.69, 9.17) is 4.74 Å². The fourth-order valence-corrected chi connectivity index (χ4v) is 1.76. The van der Waals surface area contributed by atoms with Crippen LogP contribution in [0.2, 0.25) is 0 Å². The Labute approximate surface area is 107 Å². The second-order valence-corrected chi connectivity index (χ2v) is 4.72. The summed E-state index contributed by atoms with van der Waals surface area (Å²) in [5.74, 6) is -0.165. The number of nitrogens with one attached hydrogen (secondary N) is 1. The number of benzene rings is 1. The molecule has 0 bridgehead atoms. The molecule has 0 aromatic heterocycles. The van der Waals surface area contributed by atoms with Gasteiger partial charge in [-0.2, -0.15) is 0 Å². The van der Waals surface area contributed by atoms with Gasteiger partial charge in [0, 0.05) is 6.54 Å². The average Bonchev–Trinajstić information content (AvgIpc) is 2.33. The van der Waals surface area contributed by atoms with E-state index in [0.717, 1.165) is 5.56 Å². The van der Waals surface area contributed by atoms with Crippen molar-refractivity contribution in [3.63, 3.8) is 0 Å². The largest absolute Gasteiger partial charge is 0.468 e. The van der Waals surface area contributed by atoms with Crippen LogP contribution in [0.1, 0.15) is 25.8 Å². The van der Waals surface area contributed by atoms with Crippen LogP contribution >= 0.6 is 0 Å². The minimum Gasteiger partial charge on any atom is -0.468 e. The van der Waals surface area contributed by atoms with Gasteiger partial charge >= 0.3 is 5.97 Å². The summed E-state index contributed by atoms with van der Waals surface area (Å²) < 4.78 is 17.8. The molecule has 18 heavy (non-hydrogen) atoms. The van der Waals surface area contributed by atoms with Crippen LogP contribution in [0.25, 0.3) is 0 Å². The highest BCUT2D eigenvalue weighted by Crippen LogP contribution is 2.08. The number of carbonyl (C=O) groups is 1. The van der Waals surface area contributed by atoms with E-state index in [1.165, 1.54) is 19.2 Å². The van der Waals surface area contributed by atoms with Crippen molar-refractivity contribution in [2.45, 2.75) is 32.9 Å². The SMILES string of the molecule is COC(=O)C(CC(C)C)NCc1cccc(F)c1. The van der Waals surface area contributed by atoms with Crippen molar-refractivity contribution in [2.24, 2.45) is 5.92 Å². The molecule has 1 N–H and O–H groups in total. The molecular weight excluding hydrogens is 233 g/mol. The van der Waals surface area contributed by atoms with Gasteiger partial charge in [-0.3, -0.25) is 4.79 Å². The zero-order valence-corrected chi connectivity index (χ0v) is 11.1. The van der Waals surface area contributed by atoms with Crippen molar-refractivity contribution in [3.05, 3.63) is 35.6 Å². The first-order valence-corrected chi connectivity index (χ1v) is 6.08. The molecule has 0 aliphatic heterocycles. The second kappa shape index (κ2) is 7.11. The van der Waals surface area contributed by atoms with Gasteiger partial charge in [0.25, 0.3) is 0 Å². The van der Waals surface area contributed by atoms with Gasteiger partial charge in [-0.05, 0) is 30.0 Å². The molecule has 1 atom stereocenters. The monoisotopic (exact) mass is 253 g/mol. The van der Waals surface area contributed by atoms with Gasteiger partial charge in [0.1, 0.15) is 11.9 Å². The molecular formula is C14H20FNO2. The lowest BCUT2D eigenvalue weighted by Crippen LogP contribution is -2.38. The lowest BCUT2D eigenvalue weighted by atomic mass is 10.0. The van der Waals surface area contributed by atoms with E-state index in [-0.39, 0.29) is 17.8 Å². The molecule has 0 spiro atoms. The Morgan fingerprint density at radius 1 is 1.44 bits per heavy atom. The summed E-state index contributed by atoms with van der Waals surface area (Å²) in [5, 5.41) is 3.10. The maximum Gasteiger partial charge on any atom is 0.322 e. The van der Waals surface area contributed by atoms with E-state index in [0.29, 0.717) is 18.9 Å². The Morgan fingerprint density at radius 3 is 2.72 bits per heavy atom. The molecule has 0 heterocycles. The third-order valence-electron chi connectivity index (χ3n) is 2.63. The molecule has 0 aliphatic rings. The molecule has 1 rings (SSSR count). The van der Waals surface area contributed by atoms with Crippen molar-refractivity contribution in [2.75, 3.05) is 7.11 Å². The zero-order chi connectivity index (χ0) is 13.5. The summed E-state index contributed by atoms with van der Waals surface area (Å²) in [6.45, 7) is 4.53. The number of hydrogen-bond acceptors (Lipinski definition) is 3. The highest BCUT2D eigenvalue weighted by Gasteiger charge is 2.19. The minimum absolute atomic E-state index is 0.271. The van der Waals surface area contributed by atoms with Crippen molar-refractivity contribution in [1.82, 2.24) is 5.32 Å². The Balaban J connectivity index is 2.58. The molecule has 0 radical (unpaired) electrons. The zero-order valence-electron chi connectivity index (χ0n) is 11.1. The van der Waals surface area contributed by atoms with Crippen LogP contribution in [-0.4, -0.2) is 19.1 Å². The van der Waals surface area contributed by atoms with Crippen LogP contribution in [-0.2, 0) is 16.1 Å². The maximum atomic E-state index is 13.0. The number of ether oxygens (including phenoxy) is 1. The number of halogens is 1. The first-order chi connectivity index (χ1) is 8.52. The Hall–Kier alpha value is -1.42. The van der Waals surface area contributed by atoms with Gasteiger partial charge in [-0.25, -0.2) is 4.39 Å². The number of rotatable bonds is 6. The van der Waals surface area contributed by atoms with Gasteiger partial charge in [0.05, 0.1) is 7.11 Å². The molecule has 3 nitrogen and oxygen atoms in total. The molecule has 1 unspecified atom stereocenters. The summed E-state index contributed by atoms with van der Waals surface area (Å²) in [4.78, 5) is 11.6. The van der Waals surface area contributed by atoms with Crippen molar-refractivity contribution < 1.29 is 13.9 Å². The topological polar surface area (TPSA) is 38.3 Å². The molecule has 4 heteroatoms. The minimum atomic E-state index is -0.349. The van der Waals surface area contributed by atoms with Crippen molar-refractivity contribution in [1.29, 1.82) is 0 Å². The average molecular weight is 253 g/mol. The third-order valence-corrected chi connectivity index (χ3v) is 2.63. The number of esters is 1. The number of hydrogen-bond donors (Lipinski definition) is 1. The quantitative estimate of drug-likeness (QED) is 0.792. The summed E-state index contributed by atoms with van der Waals surface area (Å²) in [6.07, 6.45) is 0.696. The molecule has 0 saturated heterocycles. The molecule has 0 saturated carbocycles. The highest BCUT2D eigenvalue weighted by molar-refractivity contribution is 5.75. The molecule has 1 aromatic carbocycles. The number of carbonyl (C=O) groups excluding carboxylic acids is 1. The molecule has 100 valence electrons. The van der Waals surface area contributed by atoms with Gasteiger partial charge in [-0.1, -0.05) is 26.0 Å². The first-order valence-electron chi connectivity index (χ1n) is 6.08. The second-order valence-electron chi connectivity index (χ2n) is 4.72. The fourth-order valence-electron chi connectivity index (χ4n) is 1.76. The van der Waals surface area contributed by atoms with Gasteiger partial charge < -0.3 is 10.1 Å². The van der Waals surface area contributed by atoms with E-state index >= 15 is 0 Å². The van der Waals surface area contributed by atoms with Crippen LogP contribution in [0.5, 0.6) is 0 Å². The van der Waals surface area contributed by atoms with E-state index in [1.807, 2.05) is 19.9 Å². The summed E-state index contributed by atoms with van der Waals surface area (Å²) >= 11 is 0. The lowest BCUT2D eigenvalue weighted by Gasteiger charge is -2.18. The Kier molecular flexibility index (Phi) is 5.78.